The van der Waals surface area contributed by atoms with Crippen LogP contribution < -0.4 is 10.7 Å². The fraction of sp³-hybridized carbons (Fsp3) is 0.103. The first kappa shape index (κ1) is 24.3. The molecule has 4 aromatic carbocycles. The van der Waals surface area contributed by atoms with Gasteiger partial charge in [0.15, 0.2) is 11.0 Å². The Balaban J connectivity index is 1.31. The van der Waals surface area contributed by atoms with Gasteiger partial charge in [0.1, 0.15) is 0 Å². The van der Waals surface area contributed by atoms with Gasteiger partial charge < -0.3 is 5.32 Å². The number of nitrogens with one attached hydrogen (secondary N) is 2. The van der Waals surface area contributed by atoms with Gasteiger partial charge in [0.25, 0.3) is 5.91 Å². The molecular formula is C29H26N6OS. The van der Waals surface area contributed by atoms with E-state index in [9.17, 15) is 4.79 Å². The van der Waals surface area contributed by atoms with Crippen LogP contribution in [0.5, 0.6) is 0 Å². The number of para-hydroxylation sites is 1. The number of rotatable bonds is 9. The zero-order chi connectivity index (χ0) is 25.5. The zero-order valence-electron chi connectivity index (χ0n) is 20.3. The number of hydrogen-bond acceptors (Lipinski definition) is 6. The Morgan fingerprint density at radius 2 is 1.57 bits per heavy atom. The number of carbonyl (C=O) groups is 1. The number of fused-ring (bicyclic) bond motifs is 1. The van der Waals surface area contributed by atoms with Crippen molar-refractivity contribution in [3.8, 4) is 5.69 Å². The number of anilines is 1. The lowest BCUT2D eigenvalue weighted by Gasteiger charge is -2.12. The van der Waals surface area contributed by atoms with Gasteiger partial charge in [-0.3, -0.25) is 9.36 Å². The third kappa shape index (κ3) is 5.87. The van der Waals surface area contributed by atoms with Crippen LogP contribution in [0.2, 0.25) is 0 Å². The molecule has 37 heavy (non-hydrogen) atoms. The van der Waals surface area contributed by atoms with Gasteiger partial charge in [0.05, 0.1) is 18.0 Å². The van der Waals surface area contributed by atoms with Crippen molar-refractivity contribution in [1.82, 2.24) is 20.2 Å². The van der Waals surface area contributed by atoms with Gasteiger partial charge in [-0.2, -0.15) is 5.10 Å². The zero-order valence-corrected chi connectivity index (χ0v) is 21.2. The van der Waals surface area contributed by atoms with E-state index in [0.717, 1.165) is 33.9 Å². The SMILES string of the molecule is C/C(=N/NC(=O)CSc1nnc(CNc2cccc3ccccc23)n1-c1ccccc1)c1ccccc1. The normalized spacial score (nSPS) is 11.4. The van der Waals surface area contributed by atoms with E-state index in [0.29, 0.717) is 11.7 Å². The molecule has 0 unspecified atom stereocenters. The average Bonchev–Trinajstić information content (AvgIpc) is 3.37. The van der Waals surface area contributed by atoms with Crippen molar-refractivity contribution in [2.75, 3.05) is 11.1 Å². The number of benzene rings is 4. The van der Waals surface area contributed by atoms with Crippen molar-refractivity contribution in [1.29, 1.82) is 0 Å². The molecule has 0 radical (unpaired) electrons. The molecule has 2 N–H and O–H groups in total. The summed E-state index contributed by atoms with van der Waals surface area (Å²) >= 11 is 1.32. The number of hydrazone groups is 1. The van der Waals surface area contributed by atoms with Crippen molar-refractivity contribution >= 4 is 39.8 Å². The fourth-order valence-corrected chi connectivity index (χ4v) is 4.71. The second-order valence-corrected chi connectivity index (χ2v) is 9.28. The molecule has 0 saturated heterocycles. The summed E-state index contributed by atoms with van der Waals surface area (Å²) in [6.07, 6.45) is 0. The largest absolute Gasteiger partial charge is 0.377 e. The van der Waals surface area contributed by atoms with E-state index in [2.05, 4.69) is 50.3 Å². The van der Waals surface area contributed by atoms with Gasteiger partial charge in [-0.05, 0) is 36.1 Å². The van der Waals surface area contributed by atoms with E-state index in [-0.39, 0.29) is 11.7 Å². The van der Waals surface area contributed by atoms with Gasteiger partial charge in [-0.15, -0.1) is 10.2 Å². The summed E-state index contributed by atoms with van der Waals surface area (Å²) in [4.78, 5) is 12.5. The van der Waals surface area contributed by atoms with E-state index in [1.54, 1.807) is 0 Å². The highest BCUT2D eigenvalue weighted by Gasteiger charge is 2.16. The van der Waals surface area contributed by atoms with Crippen LogP contribution in [0.15, 0.2) is 113 Å². The standard InChI is InChI=1S/C29H26N6OS/c1-21(22-11-4-2-5-12-22)31-33-28(36)20-37-29-34-32-27(35(29)24-15-6-3-7-16-24)19-30-26-18-10-14-23-13-8-9-17-25(23)26/h2-18,30H,19-20H2,1H3,(H,33,36)/b31-21-. The fourth-order valence-electron chi connectivity index (χ4n) is 3.95. The van der Waals surface area contributed by atoms with E-state index < -0.39 is 0 Å². The van der Waals surface area contributed by atoms with E-state index >= 15 is 0 Å². The summed E-state index contributed by atoms with van der Waals surface area (Å²) in [5.41, 5.74) is 6.31. The Kier molecular flexibility index (Phi) is 7.57. The Morgan fingerprint density at radius 3 is 2.38 bits per heavy atom. The lowest BCUT2D eigenvalue weighted by Crippen LogP contribution is -2.21. The molecule has 0 aliphatic rings. The molecule has 5 rings (SSSR count). The molecule has 0 fully saturated rings. The molecule has 0 aliphatic carbocycles. The van der Waals surface area contributed by atoms with Gasteiger partial charge in [-0.1, -0.05) is 96.7 Å². The first-order chi connectivity index (χ1) is 18.2. The summed E-state index contributed by atoms with van der Waals surface area (Å²) in [6, 6.07) is 34.1. The first-order valence-electron chi connectivity index (χ1n) is 11.9. The molecule has 8 heteroatoms. The van der Waals surface area contributed by atoms with Gasteiger partial charge >= 0.3 is 0 Å². The maximum Gasteiger partial charge on any atom is 0.250 e. The van der Waals surface area contributed by atoms with Crippen LogP contribution in [0, 0.1) is 0 Å². The monoisotopic (exact) mass is 506 g/mol. The Morgan fingerprint density at radius 1 is 0.865 bits per heavy atom. The minimum Gasteiger partial charge on any atom is -0.377 e. The molecule has 5 aromatic rings. The predicted molar refractivity (Wildman–Crippen MR) is 150 cm³/mol. The van der Waals surface area contributed by atoms with Crippen LogP contribution in [0.3, 0.4) is 0 Å². The molecule has 0 bridgehead atoms. The third-order valence-corrected chi connectivity index (χ3v) is 6.74. The number of thioether (sulfide) groups is 1. The molecule has 0 spiro atoms. The molecular weight excluding hydrogens is 480 g/mol. The summed E-state index contributed by atoms with van der Waals surface area (Å²) < 4.78 is 1.98. The molecule has 1 heterocycles. The lowest BCUT2D eigenvalue weighted by molar-refractivity contribution is -0.118. The maximum atomic E-state index is 12.5. The maximum absolute atomic E-state index is 12.5. The summed E-state index contributed by atoms with van der Waals surface area (Å²) in [5.74, 6) is 0.700. The Bertz CT molecular complexity index is 1530. The molecule has 1 aromatic heterocycles. The second kappa shape index (κ2) is 11.5. The van der Waals surface area contributed by atoms with E-state index in [1.807, 2.05) is 90.4 Å². The highest BCUT2D eigenvalue weighted by molar-refractivity contribution is 7.99. The summed E-state index contributed by atoms with van der Waals surface area (Å²) in [7, 11) is 0. The van der Waals surface area contributed by atoms with Gasteiger partial charge in [-0.25, -0.2) is 5.43 Å². The number of hydrogen-bond donors (Lipinski definition) is 2. The first-order valence-corrected chi connectivity index (χ1v) is 12.9. The summed E-state index contributed by atoms with van der Waals surface area (Å²) in [5, 5.41) is 19.6. The Hall–Kier alpha value is -4.43. The molecule has 0 aliphatic heterocycles. The van der Waals surface area contributed by atoms with Crippen LogP contribution in [0.25, 0.3) is 16.5 Å². The van der Waals surface area contributed by atoms with Gasteiger partial charge in [0.2, 0.25) is 0 Å². The minimum atomic E-state index is -0.210. The minimum absolute atomic E-state index is 0.160. The smallest absolute Gasteiger partial charge is 0.250 e. The Labute approximate surface area is 219 Å². The van der Waals surface area contributed by atoms with Crippen molar-refractivity contribution in [2.45, 2.75) is 18.6 Å². The van der Waals surface area contributed by atoms with Crippen molar-refractivity contribution < 1.29 is 4.79 Å². The van der Waals surface area contributed by atoms with Crippen LogP contribution >= 0.6 is 11.8 Å². The predicted octanol–water partition coefficient (Wildman–Crippen LogP) is 5.67. The van der Waals surface area contributed by atoms with Crippen molar-refractivity contribution in [3.05, 3.63) is 115 Å². The molecule has 7 nitrogen and oxygen atoms in total. The van der Waals surface area contributed by atoms with Crippen LogP contribution in [-0.2, 0) is 11.3 Å². The number of carbonyl (C=O) groups excluding carboxylic acids is 1. The highest BCUT2D eigenvalue weighted by Crippen LogP contribution is 2.25. The average molecular weight is 507 g/mol. The third-order valence-electron chi connectivity index (χ3n) is 5.81. The topological polar surface area (TPSA) is 84.2 Å². The van der Waals surface area contributed by atoms with Gasteiger partial charge in [0, 0.05) is 16.8 Å². The molecule has 0 atom stereocenters. The lowest BCUT2D eigenvalue weighted by atomic mass is 10.1. The van der Waals surface area contributed by atoms with E-state index in [4.69, 9.17) is 0 Å². The molecule has 184 valence electrons. The molecule has 0 saturated carbocycles. The van der Waals surface area contributed by atoms with Crippen LogP contribution in [0.1, 0.15) is 18.3 Å². The number of nitrogens with zero attached hydrogens (tertiary/aromatic N) is 4. The quantitative estimate of drug-likeness (QED) is 0.153. The van der Waals surface area contributed by atoms with Crippen LogP contribution in [-0.4, -0.2) is 32.1 Å². The molecule has 1 amide bonds. The van der Waals surface area contributed by atoms with E-state index in [1.165, 1.54) is 17.1 Å². The number of amides is 1. The van der Waals surface area contributed by atoms with Crippen LogP contribution in [0.4, 0.5) is 5.69 Å². The second-order valence-electron chi connectivity index (χ2n) is 8.34. The summed E-state index contributed by atoms with van der Waals surface area (Å²) in [6.45, 7) is 2.34. The van der Waals surface area contributed by atoms with Crippen molar-refractivity contribution in [2.24, 2.45) is 5.10 Å². The van der Waals surface area contributed by atoms with Crippen molar-refractivity contribution in [3.63, 3.8) is 0 Å². The number of aromatic nitrogens is 3. The highest BCUT2D eigenvalue weighted by atomic mass is 32.2.